The molecule has 0 aliphatic heterocycles. The number of carbonyl (C=O) groups is 1. The van der Waals surface area contributed by atoms with Crippen molar-refractivity contribution in [3.05, 3.63) is 99.4 Å². The minimum Gasteiger partial charge on any atom is -0.398 e. The van der Waals surface area contributed by atoms with Crippen LogP contribution < -0.4 is 5.73 Å². The van der Waals surface area contributed by atoms with Crippen molar-refractivity contribution in [2.24, 2.45) is 0 Å². The van der Waals surface area contributed by atoms with Crippen LogP contribution in [0.15, 0.2) is 66.9 Å². The molecule has 0 saturated carbocycles. The number of unbranched alkanes of at least 4 members (excludes halogenated alkanes) is 1. The van der Waals surface area contributed by atoms with Gasteiger partial charge in [0.2, 0.25) is 0 Å². The number of hydrogen-bond donors (Lipinski definition) is 1. The molecular weight excluding hydrogens is 354 g/mol. The summed E-state index contributed by atoms with van der Waals surface area (Å²) >= 11 is 0. The highest BCUT2D eigenvalue weighted by atomic mass is 16.6. The van der Waals surface area contributed by atoms with Crippen molar-refractivity contribution in [2.75, 3.05) is 5.73 Å². The highest BCUT2D eigenvalue weighted by Gasteiger charge is 2.19. The topological polar surface area (TPSA) is 99.1 Å². The molecular formula is C22H21N3O3. The highest BCUT2D eigenvalue weighted by molar-refractivity contribution is 6.13. The minimum atomic E-state index is -0.520. The summed E-state index contributed by atoms with van der Waals surface area (Å²) in [6.45, 7) is 0. The van der Waals surface area contributed by atoms with E-state index in [0.29, 0.717) is 23.4 Å². The number of anilines is 1. The van der Waals surface area contributed by atoms with E-state index < -0.39 is 4.92 Å². The number of carbonyl (C=O) groups excluding carboxylic acids is 1. The van der Waals surface area contributed by atoms with Crippen LogP contribution in [0.5, 0.6) is 0 Å². The van der Waals surface area contributed by atoms with Gasteiger partial charge in [-0.25, -0.2) is 0 Å². The lowest BCUT2D eigenvalue weighted by Crippen LogP contribution is -2.11. The first-order valence-electron chi connectivity index (χ1n) is 9.12. The van der Waals surface area contributed by atoms with Crippen molar-refractivity contribution in [1.82, 2.24) is 4.98 Å². The predicted molar refractivity (Wildman–Crippen MR) is 108 cm³/mol. The fourth-order valence-corrected chi connectivity index (χ4v) is 3.15. The third-order valence-electron chi connectivity index (χ3n) is 4.58. The second-order valence-electron chi connectivity index (χ2n) is 6.55. The van der Waals surface area contributed by atoms with E-state index in [1.165, 1.54) is 23.8 Å². The smallest absolute Gasteiger partial charge is 0.270 e. The van der Waals surface area contributed by atoms with Crippen LogP contribution in [0.2, 0.25) is 0 Å². The van der Waals surface area contributed by atoms with Crippen LogP contribution in [0.25, 0.3) is 0 Å². The number of nitro benzene ring substituents is 1. The molecule has 1 aromatic heterocycles. The van der Waals surface area contributed by atoms with Gasteiger partial charge in [-0.05, 0) is 37.3 Å². The van der Waals surface area contributed by atoms with Gasteiger partial charge in [0, 0.05) is 29.6 Å². The van der Waals surface area contributed by atoms with Crippen molar-refractivity contribution in [3.8, 4) is 0 Å². The Hall–Kier alpha value is -3.54. The molecule has 6 nitrogen and oxygen atoms in total. The average molecular weight is 375 g/mol. The quantitative estimate of drug-likeness (QED) is 0.273. The molecule has 0 atom stereocenters. The van der Waals surface area contributed by atoms with E-state index in [1.54, 1.807) is 18.3 Å². The van der Waals surface area contributed by atoms with Crippen LogP contribution in [0.1, 0.15) is 40.0 Å². The van der Waals surface area contributed by atoms with Crippen LogP contribution in [-0.4, -0.2) is 15.7 Å². The molecule has 2 N–H and O–H groups in total. The summed E-state index contributed by atoms with van der Waals surface area (Å²) in [5, 5.41) is 11.0. The maximum Gasteiger partial charge on any atom is 0.270 e. The number of ketones is 1. The first-order valence-corrected chi connectivity index (χ1v) is 9.12. The molecule has 0 fully saturated rings. The fourth-order valence-electron chi connectivity index (χ4n) is 3.15. The Balaban J connectivity index is 1.75. The molecule has 3 aromatic rings. The maximum atomic E-state index is 13.0. The molecule has 6 heteroatoms. The summed E-state index contributed by atoms with van der Waals surface area (Å²) in [5.74, 6) is -0.340. The maximum absolute atomic E-state index is 13.0. The number of rotatable bonds is 8. The van der Waals surface area contributed by atoms with E-state index >= 15 is 0 Å². The van der Waals surface area contributed by atoms with E-state index in [4.69, 9.17) is 5.73 Å². The molecule has 0 unspecified atom stereocenters. The molecule has 2 aromatic carbocycles. The third-order valence-corrected chi connectivity index (χ3v) is 4.58. The molecule has 1 heterocycles. The van der Waals surface area contributed by atoms with Crippen LogP contribution >= 0.6 is 0 Å². The zero-order valence-corrected chi connectivity index (χ0v) is 15.4. The van der Waals surface area contributed by atoms with Gasteiger partial charge >= 0.3 is 0 Å². The number of pyridine rings is 1. The number of aryl methyl sites for hydroxylation is 2. The Labute approximate surface area is 163 Å². The van der Waals surface area contributed by atoms with E-state index in [1.807, 2.05) is 18.2 Å². The molecule has 0 saturated heterocycles. The molecule has 0 amide bonds. The van der Waals surface area contributed by atoms with E-state index in [-0.39, 0.29) is 17.0 Å². The Bertz CT molecular complexity index is 987. The number of aromatic nitrogens is 1. The van der Waals surface area contributed by atoms with Crippen molar-refractivity contribution >= 4 is 17.2 Å². The van der Waals surface area contributed by atoms with Gasteiger partial charge in [0.25, 0.3) is 5.69 Å². The Morgan fingerprint density at radius 2 is 1.75 bits per heavy atom. The summed E-state index contributed by atoms with van der Waals surface area (Å²) in [5.41, 5.74) is 8.74. The fraction of sp³-hybridized carbons (Fsp3) is 0.182. The number of nitrogens with two attached hydrogens (primary N) is 1. The standard InChI is InChI=1S/C22H21N3O3/c23-19-13-14-24-20(12-5-4-9-16-7-2-1-3-8-16)21(19)22(26)17-10-6-11-18(15-17)25(27)28/h1-3,6-8,10-11,13-15H,4-5,9,12H2,(H2,23,24). The lowest BCUT2D eigenvalue weighted by molar-refractivity contribution is -0.384. The number of hydrogen-bond acceptors (Lipinski definition) is 5. The van der Waals surface area contributed by atoms with Crippen molar-refractivity contribution < 1.29 is 9.72 Å². The zero-order chi connectivity index (χ0) is 19.9. The van der Waals surface area contributed by atoms with Gasteiger partial charge in [-0.2, -0.15) is 0 Å². The van der Waals surface area contributed by atoms with Gasteiger partial charge in [0.05, 0.1) is 16.2 Å². The van der Waals surface area contributed by atoms with Gasteiger partial charge in [0.15, 0.2) is 5.78 Å². The van der Waals surface area contributed by atoms with E-state index in [2.05, 4.69) is 17.1 Å². The zero-order valence-electron chi connectivity index (χ0n) is 15.4. The lowest BCUT2D eigenvalue weighted by Gasteiger charge is -2.11. The van der Waals surface area contributed by atoms with Crippen molar-refractivity contribution in [1.29, 1.82) is 0 Å². The van der Waals surface area contributed by atoms with Gasteiger partial charge in [-0.3, -0.25) is 19.9 Å². The van der Waals surface area contributed by atoms with Crippen LogP contribution in [-0.2, 0) is 12.8 Å². The molecule has 28 heavy (non-hydrogen) atoms. The van der Waals surface area contributed by atoms with Gasteiger partial charge in [-0.1, -0.05) is 42.5 Å². The van der Waals surface area contributed by atoms with Gasteiger partial charge < -0.3 is 5.73 Å². The second-order valence-corrected chi connectivity index (χ2v) is 6.55. The number of nitrogen functional groups attached to an aromatic ring is 1. The summed E-state index contributed by atoms with van der Waals surface area (Å²) in [6, 6.07) is 17.5. The monoisotopic (exact) mass is 375 g/mol. The number of nitro groups is 1. The molecule has 0 radical (unpaired) electrons. The molecule has 142 valence electrons. The van der Waals surface area contributed by atoms with E-state index in [9.17, 15) is 14.9 Å². The summed E-state index contributed by atoms with van der Waals surface area (Å²) in [7, 11) is 0. The normalized spacial score (nSPS) is 10.6. The average Bonchev–Trinajstić information content (AvgIpc) is 2.71. The molecule has 0 bridgehead atoms. The molecule has 3 rings (SSSR count). The van der Waals surface area contributed by atoms with Gasteiger partial charge in [-0.15, -0.1) is 0 Å². The number of benzene rings is 2. The third kappa shape index (κ3) is 4.59. The van der Waals surface area contributed by atoms with Crippen LogP contribution in [0, 0.1) is 10.1 Å². The van der Waals surface area contributed by atoms with Crippen LogP contribution in [0.3, 0.4) is 0 Å². The van der Waals surface area contributed by atoms with Gasteiger partial charge in [0.1, 0.15) is 0 Å². The molecule has 0 spiro atoms. The Kier molecular flexibility index (Phi) is 6.11. The highest BCUT2D eigenvalue weighted by Crippen LogP contribution is 2.23. The first-order chi connectivity index (χ1) is 13.6. The molecule has 0 aliphatic rings. The van der Waals surface area contributed by atoms with E-state index in [0.717, 1.165) is 19.3 Å². The number of nitrogens with zero attached hydrogens (tertiary/aromatic N) is 2. The Morgan fingerprint density at radius 3 is 2.50 bits per heavy atom. The lowest BCUT2D eigenvalue weighted by atomic mass is 9.97. The van der Waals surface area contributed by atoms with Crippen LogP contribution in [0.4, 0.5) is 11.4 Å². The first kappa shape index (κ1) is 19.2. The second kappa shape index (κ2) is 8.90. The number of non-ortho nitro benzene ring substituents is 1. The molecule has 0 aliphatic carbocycles. The summed E-state index contributed by atoms with van der Waals surface area (Å²) in [4.78, 5) is 27.8. The largest absolute Gasteiger partial charge is 0.398 e. The Morgan fingerprint density at radius 1 is 1.00 bits per heavy atom. The predicted octanol–water partition coefficient (Wildman–Crippen LogP) is 4.37. The minimum absolute atomic E-state index is 0.127. The SMILES string of the molecule is Nc1ccnc(CCCCc2ccccc2)c1C(=O)c1cccc([N+](=O)[O-])c1. The summed E-state index contributed by atoms with van der Waals surface area (Å²) in [6.07, 6.45) is 4.99. The van der Waals surface area contributed by atoms with Crippen molar-refractivity contribution in [2.45, 2.75) is 25.7 Å². The van der Waals surface area contributed by atoms with Crippen molar-refractivity contribution in [3.63, 3.8) is 0 Å². The summed E-state index contributed by atoms with van der Waals surface area (Å²) < 4.78 is 0.